The Labute approximate surface area is 291 Å². The Kier molecular flexibility index (Phi) is 6.60. The third-order valence-corrected chi connectivity index (χ3v) is 9.19. The Bertz CT molecular complexity index is 2530. The van der Waals surface area contributed by atoms with Crippen LogP contribution in [-0.2, 0) is 0 Å². The van der Waals surface area contributed by atoms with Crippen LogP contribution in [0, 0.1) is 0 Å². The van der Waals surface area contributed by atoms with E-state index >= 15 is 0 Å². The lowest BCUT2D eigenvalue weighted by molar-refractivity contribution is 0.882. The van der Waals surface area contributed by atoms with Gasteiger partial charge in [-0.3, -0.25) is 0 Å². The smallest absolute Gasteiger partial charge is 0.164 e. The second-order valence-corrected chi connectivity index (χ2v) is 12.4. The highest BCUT2D eigenvalue weighted by Gasteiger charge is 2.15. The van der Waals surface area contributed by atoms with E-state index in [4.69, 9.17) is 15.0 Å². The molecule has 9 heteroatoms. The predicted molar refractivity (Wildman–Crippen MR) is 200 cm³/mol. The van der Waals surface area contributed by atoms with Crippen LogP contribution in [0.1, 0.15) is 0 Å². The summed E-state index contributed by atoms with van der Waals surface area (Å²) < 4.78 is 5.58. The number of benzene rings is 6. The van der Waals surface area contributed by atoms with E-state index in [1.165, 1.54) is 0 Å². The van der Waals surface area contributed by atoms with E-state index < -0.39 is 0 Å². The van der Waals surface area contributed by atoms with Crippen LogP contribution < -0.4 is 0 Å². The van der Waals surface area contributed by atoms with Crippen molar-refractivity contribution in [2.24, 2.45) is 0 Å². The Morgan fingerprint density at radius 3 is 0.922 bits per heavy atom. The SMILES string of the molecule is c1cnn(-c2ccc3ccc(-c4nc(-c5ccc6ccc(-n7cccn7)cc6c5)nc(-c5ccc6ccc(-n7cccn7)cc6c5)n4)cc3c2)c1. The van der Waals surface area contributed by atoms with Crippen molar-refractivity contribution in [3.8, 4) is 51.2 Å². The first-order valence-electron chi connectivity index (χ1n) is 16.6. The number of fused-ring (bicyclic) bond motifs is 3. The summed E-state index contributed by atoms with van der Waals surface area (Å²) in [5.74, 6) is 1.78. The molecule has 10 rings (SSSR count). The molecule has 51 heavy (non-hydrogen) atoms. The average Bonchev–Trinajstić information content (AvgIpc) is 4.02. The molecule has 0 radical (unpaired) electrons. The number of aromatic nitrogens is 9. The molecule has 9 nitrogen and oxygen atoms in total. The van der Waals surface area contributed by atoms with Crippen molar-refractivity contribution in [3.05, 3.63) is 165 Å². The molecule has 240 valence electrons. The summed E-state index contributed by atoms with van der Waals surface area (Å²) in [7, 11) is 0. The van der Waals surface area contributed by atoms with Crippen LogP contribution in [0.3, 0.4) is 0 Å². The van der Waals surface area contributed by atoms with Gasteiger partial charge in [0.2, 0.25) is 0 Å². The van der Waals surface area contributed by atoms with Gasteiger partial charge in [-0.2, -0.15) is 15.3 Å². The van der Waals surface area contributed by atoms with Crippen molar-refractivity contribution in [2.45, 2.75) is 0 Å². The lowest BCUT2D eigenvalue weighted by Gasteiger charge is -2.11. The van der Waals surface area contributed by atoms with Crippen LogP contribution in [0.2, 0.25) is 0 Å². The summed E-state index contributed by atoms with van der Waals surface area (Å²) in [4.78, 5) is 15.3. The quantitative estimate of drug-likeness (QED) is 0.177. The Morgan fingerprint density at radius 2 is 0.627 bits per heavy atom. The normalized spacial score (nSPS) is 11.5. The average molecular weight is 658 g/mol. The molecule has 0 spiro atoms. The van der Waals surface area contributed by atoms with Crippen LogP contribution in [0.25, 0.3) is 83.5 Å². The van der Waals surface area contributed by atoms with Crippen LogP contribution in [0.4, 0.5) is 0 Å². The first kappa shape index (κ1) is 28.7. The fourth-order valence-electron chi connectivity index (χ4n) is 6.58. The molecule has 0 N–H and O–H groups in total. The first-order chi connectivity index (χ1) is 25.2. The molecule has 4 aromatic heterocycles. The standard InChI is InChI=1S/C42H27N9/c1-16-43-49(19-1)37-13-10-28-4-7-31(22-34(28)25-37)40-46-41(32-8-5-29-11-14-38(26-35(29)23-32)50-20-2-17-44-50)48-42(47-40)33-9-6-30-12-15-39(27-36(30)24-33)51-21-3-18-45-51/h1-27H. The zero-order valence-electron chi connectivity index (χ0n) is 27.1. The van der Waals surface area contributed by atoms with Crippen molar-refractivity contribution in [2.75, 3.05) is 0 Å². The first-order valence-corrected chi connectivity index (χ1v) is 16.6. The van der Waals surface area contributed by atoms with E-state index in [0.717, 1.165) is 66.1 Å². The van der Waals surface area contributed by atoms with Crippen LogP contribution in [-0.4, -0.2) is 44.3 Å². The number of hydrogen-bond acceptors (Lipinski definition) is 6. The van der Waals surface area contributed by atoms with Crippen molar-refractivity contribution < 1.29 is 0 Å². The number of nitrogens with zero attached hydrogens (tertiary/aromatic N) is 9. The van der Waals surface area contributed by atoms with Gasteiger partial charge in [-0.1, -0.05) is 54.6 Å². The maximum absolute atomic E-state index is 5.10. The molecule has 0 aliphatic carbocycles. The molecule has 0 fully saturated rings. The minimum Gasteiger partial charge on any atom is -0.241 e. The maximum Gasteiger partial charge on any atom is 0.164 e. The van der Waals surface area contributed by atoms with Crippen molar-refractivity contribution in [3.63, 3.8) is 0 Å². The molecule has 0 aliphatic rings. The molecule has 0 saturated heterocycles. The third-order valence-electron chi connectivity index (χ3n) is 9.19. The molecule has 0 amide bonds. The second-order valence-electron chi connectivity index (χ2n) is 12.4. The largest absolute Gasteiger partial charge is 0.241 e. The summed E-state index contributed by atoms with van der Waals surface area (Å²) in [5.41, 5.74) is 5.64. The molecule has 4 heterocycles. The van der Waals surface area contributed by atoms with Crippen molar-refractivity contribution >= 4 is 32.3 Å². The molecular formula is C42H27N9. The predicted octanol–water partition coefficient (Wildman–Crippen LogP) is 8.89. The van der Waals surface area contributed by atoms with E-state index in [1.54, 1.807) is 18.6 Å². The Morgan fingerprint density at radius 1 is 0.314 bits per heavy atom. The molecule has 0 aliphatic heterocycles. The van der Waals surface area contributed by atoms with Gasteiger partial charge in [-0.15, -0.1) is 0 Å². The third kappa shape index (κ3) is 5.30. The molecular weight excluding hydrogens is 631 g/mol. The molecule has 0 unspecified atom stereocenters. The monoisotopic (exact) mass is 657 g/mol. The number of rotatable bonds is 6. The van der Waals surface area contributed by atoms with Crippen molar-refractivity contribution in [1.29, 1.82) is 0 Å². The van der Waals surface area contributed by atoms with E-state index in [0.29, 0.717) is 17.5 Å². The number of hydrogen-bond donors (Lipinski definition) is 0. The van der Waals surface area contributed by atoms with Gasteiger partial charge < -0.3 is 0 Å². The molecule has 0 atom stereocenters. The fourth-order valence-corrected chi connectivity index (χ4v) is 6.58. The van der Waals surface area contributed by atoms with Gasteiger partial charge in [0.05, 0.1) is 17.1 Å². The van der Waals surface area contributed by atoms with E-state index in [-0.39, 0.29) is 0 Å². The highest BCUT2D eigenvalue weighted by molar-refractivity contribution is 5.91. The van der Waals surface area contributed by atoms with Crippen LogP contribution >= 0.6 is 0 Å². The summed E-state index contributed by atoms with van der Waals surface area (Å²) in [5, 5.41) is 19.8. The zero-order chi connectivity index (χ0) is 33.7. The molecule has 10 aromatic rings. The zero-order valence-corrected chi connectivity index (χ0v) is 27.1. The molecule has 0 bridgehead atoms. The fraction of sp³-hybridized carbons (Fsp3) is 0. The summed E-state index contributed by atoms with van der Waals surface area (Å²) in [6.07, 6.45) is 11.2. The summed E-state index contributed by atoms with van der Waals surface area (Å²) in [6, 6.07) is 43.7. The van der Waals surface area contributed by atoms with E-state index in [1.807, 2.05) is 50.8 Å². The van der Waals surface area contributed by atoms with Gasteiger partial charge in [0.25, 0.3) is 0 Å². The highest BCUT2D eigenvalue weighted by Crippen LogP contribution is 2.31. The Balaban J connectivity index is 1.14. The second kappa shape index (κ2) is 11.7. The Hall–Kier alpha value is -7.26. The summed E-state index contributed by atoms with van der Waals surface area (Å²) in [6.45, 7) is 0. The van der Waals surface area contributed by atoms with Crippen molar-refractivity contribution in [1.82, 2.24) is 44.3 Å². The van der Waals surface area contributed by atoms with Gasteiger partial charge in [-0.05, 0) is 105 Å². The van der Waals surface area contributed by atoms with Gasteiger partial charge >= 0.3 is 0 Å². The minimum atomic E-state index is 0.595. The van der Waals surface area contributed by atoms with Gasteiger partial charge in [-0.25, -0.2) is 29.0 Å². The highest BCUT2D eigenvalue weighted by atomic mass is 15.3. The maximum atomic E-state index is 5.10. The lowest BCUT2D eigenvalue weighted by Crippen LogP contribution is -2.01. The van der Waals surface area contributed by atoms with Gasteiger partial charge in [0.15, 0.2) is 17.5 Å². The molecule has 0 saturated carbocycles. The van der Waals surface area contributed by atoms with Crippen LogP contribution in [0.5, 0.6) is 0 Å². The minimum absolute atomic E-state index is 0.595. The lowest BCUT2D eigenvalue weighted by atomic mass is 10.0. The van der Waals surface area contributed by atoms with E-state index in [9.17, 15) is 0 Å². The van der Waals surface area contributed by atoms with Gasteiger partial charge in [0.1, 0.15) is 0 Å². The summed E-state index contributed by atoms with van der Waals surface area (Å²) >= 11 is 0. The van der Waals surface area contributed by atoms with E-state index in [2.05, 4.69) is 124 Å². The van der Waals surface area contributed by atoms with Crippen LogP contribution in [0.15, 0.2) is 165 Å². The molecule has 6 aromatic carbocycles. The van der Waals surface area contributed by atoms with Gasteiger partial charge in [0, 0.05) is 53.9 Å². The topological polar surface area (TPSA) is 92.1 Å².